The number of carbonyl (C=O) groups is 1. The average molecular weight is 341 g/mol. The second kappa shape index (κ2) is 7.29. The van der Waals surface area contributed by atoms with Gasteiger partial charge in [-0.25, -0.2) is 4.79 Å². The van der Waals surface area contributed by atoms with Crippen molar-refractivity contribution in [1.29, 1.82) is 0 Å². The lowest BCUT2D eigenvalue weighted by atomic mass is 10.1. The summed E-state index contributed by atoms with van der Waals surface area (Å²) in [6.07, 6.45) is 2.58. The maximum Gasteiger partial charge on any atom is 0.436 e. The fourth-order valence-corrected chi connectivity index (χ4v) is 2.15. The molecule has 7 nitrogen and oxygen atoms in total. The van der Waals surface area contributed by atoms with Gasteiger partial charge >= 0.3 is 6.09 Å². The molecule has 0 fully saturated rings. The van der Waals surface area contributed by atoms with Gasteiger partial charge in [-0.1, -0.05) is 0 Å². The molecule has 0 aliphatic carbocycles. The fourth-order valence-electron chi connectivity index (χ4n) is 2.15. The van der Waals surface area contributed by atoms with Gasteiger partial charge in [0.15, 0.2) is 0 Å². The first-order valence-corrected chi connectivity index (χ1v) is 7.88. The van der Waals surface area contributed by atoms with Crippen molar-refractivity contribution in [2.24, 2.45) is 10.7 Å². The Morgan fingerprint density at radius 1 is 1.32 bits per heavy atom. The molecule has 132 valence electrons. The summed E-state index contributed by atoms with van der Waals surface area (Å²) in [5.74, 6) is 0.0393. The van der Waals surface area contributed by atoms with Gasteiger partial charge in [-0.2, -0.15) is 4.99 Å². The number of nitrogens with one attached hydrogen (secondary N) is 1. The number of pyridine rings is 2. The van der Waals surface area contributed by atoms with Crippen LogP contribution in [0.4, 0.5) is 4.79 Å². The van der Waals surface area contributed by atoms with Crippen LogP contribution in [0.15, 0.2) is 35.6 Å². The van der Waals surface area contributed by atoms with E-state index in [0.29, 0.717) is 11.1 Å². The lowest BCUT2D eigenvalue weighted by Crippen LogP contribution is -2.25. The Hall–Kier alpha value is -2.96. The summed E-state index contributed by atoms with van der Waals surface area (Å²) in [6.45, 7) is 7.21. The molecule has 2 aromatic rings. The quantitative estimate of drug-likeness (QED) is 0.657. The molecule has 0 saturated carbocycles. The standard InChI is InChI=1S/C18H23N5O2/c1-11-6-7-14-15(22-11)8-12(9-21-14)13(10-20-5)16(19)23-17(24)25-18(2,3)4/h6-10,20H,1-5H3,(H2,19,23,24)/b13-10-. The Kier molecular flexibility index (Phi) is 5.36. The number of aliphatic imine (C=N–C) groups is 1. The van der Waals surface area contributed by atoms with Gasteiger partial charge in [0.1, 0.15) is 11.4 Å². The minimum atomic E-state index is -0.741. The van der Waals surface area contributed by atoms with Crippen LogP contribution < -0.4 is 11.1 Å². The predicted molar refractivity (Wildman–Crippen MR) is 99.2 cm³/mol. The summed E-state index contributed by atoms with van der Waals surface area (Å²) in [5.41, 5.74) is 9.02. The third-order valence-electron chi connectivity index (χ3n) is 3.16. The molecule has 2 rings (SSSR count). The van der Waals surface area contributed by atoms with Gasteiger partial charge in [-0.3, -0.25) is 9.97 Å². The molecule has 0 unspecified atom stereocenters. The van der Waals surface area contributed by atoms with Crippen LogP contribution in [0.3, 0.4) is 0 Å². The second-order valence-electron chi connectivity index (χ2n) is 6.54. The molecule has 3 N–H and O–H groups in total. The van der Waals surface area contributed by atoms with Gasteiger partial charge in [0, 0.05) is 36.3 Å². The number of aromatic nitrogens is 2. The summed E-state index contributed by atoms with van der Waals surface area (Å²) in [7, 11) is 1.73. The highest BCUT2D eigenvalue weighted by molar-refractivity contribution is 6.24. The van der Waals surface area contributed by atoms with Crippen LogP contribution in [-0.2, 0) is 4.74 Å². The normalized spacial score (nSPS) is 13.0. The number of rotatable bonds is 3. The van der Waals surface area contributed by atoms with E-state index in [1.165, 1.54) is 0 Å². The molecule has 0 saturated heterocycles. The van der Waals surface area contributed by atoms with Crippen LogP contribution in [0, 0.1) is 6.92 Å². The Labute approximate surface area is 147 Å². The van der Waals surface area contributed by atoms with E-state index >= 15 is 0 Å². The summed E-state index contributed by atoms with van der Waals surface area (Å²) < 4.78 is 5.18. The minimum absolute atomic E-state index is 0.0393. The van der Waals surface area contributed by atoms with Crippen molar-refractivity contribution in [2.75, 3.05) is 7.05 Å². The maximum absolute atomic E-state index is 11.9. The van der Waals surface area contributed by atoms with E-state index in [-0.39, 0.29) is 5.84 Å². The highest BCUT2D eigenvalue weighted by Gasteiger charge is 2.17. The highest BCUT2D eigenvalue weighted by atomic mass is 16.6. The molecule has 0 bridgehead atoms. The number of hydrogen-bond donors (Lipinski definition) is 2. The third kappa shape index (κ3) is 5.00. The van der Waals surface area contributed by atoms with Gasteiger partial charge in [-0.05, 0) is 45.9 Å². The smallest absolute Gasteiger partial charge is 0.436 e. The lowest BCUT2D eigenvalue weighted by Gasteiger charge is -2.17. The zero-order valence-corrected chi connectivity index (χ0v) is 15.1. The Bertz CT molecular complexity index is 850. The van der Waals surface area contributed by atoms with E-state index in [9.17, 15) is 4.79 Å². The molecule has 7 heteroatoms. The molecule has 0 aromatic carbocycles. The lowest BCUT2D eigenvalue weighted by molar-refractivity contribution is 0.0604. The third-order valence-corrected chi connectivity index (χ3v) is 3.16. The van der Waals surface area contributed by atoms with Crippen molar-refractivity contribution in [3.8, 4) is 0 Å². The number of amidine groups is 1. The second-order valence-corrected chi connectivity index (χ2v) is 6.54. The van der Waals surface area contributed by atoms with Crippen LogP contribution in [0.1, 0.15) is 32.0 Å². The molecule has 1 amide bonds. The van der Waals surface area contributed by atoms with Crippen LogP contribution in [0.5, 0.6) is 0 Å². The SMILES string of the molecule is CN/C=C(\C(N)=N\C(=O)OC(C)(C)C)c1cnc2ccc(C)nc2c1. The van der Waals surface area contributed by atoms with Crippen LogP contribution in [0.25, 0.3) is 16.6 Å². The number of fused-ring (bicyclic) bond motifs is 1. The Morgan fingerprint density at radius 2 is 2.04 bits per heavy atom. The molecule has 0 aliphatic heterocycles. The van der Waals surface area contributed by atoms with Gasteiger partial charge in [0.25, 0.3) is 0 Å². The largest absolute Gasteiger partial charge is 0.442 e. The number of nitrogens with zero attached hydrogens (tertiary/aromatic N) is 3. The molecule has 0 atom stereocenters. The van der Waals surface area contributed by atoms with Gasteiger partial charge in [0.05, 0.1) is 11.0 Å². The predicted octanol–water partition coefficient (Wildman–Crippen LogP) is 2.79. The van der Waals surface area contributed by atoms with Crippen LogP contribution >= 0.6 is 0 Å². The number of hydrogen-bond acceptors (Lipinski definition) is 5. The van der Waals surface area contributed by atoms with E-state index in [4.69, 9.17) is 10.5 Å². The fraction of sp³-hybridized carbons (Fsp3) is 0.333. The van der Waals surface area contributed by atoms with E-state index < -0.39 is 11.7 Å². The van der Waals surface area contributed by atoms with Crippen LogP contribution in [-0.4, -0.2) is 34.5 Å². The number of carbonyl (C=O) groups excluding carboxylic acids is 1. The summed E-state index contributed by atoms with van der Waals surface area (Å²) in [4.78, 5) is 24.6. The molecular weight excluding hydrogens is 318 g/mol. The molecule has 0 aliphatic rings. The van der Waals surface area contributed by atoms with Gasteiger partial charge < -0.3 is 15.8 Å². The van der Waals surface area contributed by atoms with Crippen molar-refractivity contribution in [2.45, 2.75) is 33.3 Å². The zero-order chi connectivity index (χ0) is 18.6. The summed E-state index contributed by atoms with van der Waals surface area (Å²) >= 11 is 0. The Balaban J connectivity index is 2.41. The molecule has 2 aromatic heterocycles. The number of aryl methyl sites for hydroxylation is 1. The van der Waals surface area contributed by atoms with Crippen molar-refractivity contribution in [3.63, 3.8) is 0 Å². The van der Waals surface area contributed by atoms with Crippen LogP contribution in [0.2, 0.25) is 0 Å². The maximum atomic E-state index is 11.9. The van der Waals surface area contributed by atoms with Crippen molar-refractivity contribution >= 4 is 28.5 Å². The number of nitrogens with two attached hydrogens (primary N) is 1. The molecule has 0 radical (unpaired) electrons. The average Bonchev–Trinajstić information content (AvgIpc) is 2.49. The van der Waals surface area contributed by atoms with E-state index in [2.05, 4.69) is 20.3 Å². The minimum Gasteiger partial charge on any atom is -0.442 e. The first-order valence-electron chi connectivity index (χ1n) is 7.88. The number of ether oxygens (including phenoxy) is 1. The van der Waals surface area contributed by atoms with Crippen molar-refractivity contribution < 1.29 is 9.53 Å². The van der Waals surface area contributed by atoms with Gasteiger partial charge in [0.2, 0.25) is 0 Å². The summed E-state index contributed by atoms with van der Waals surface area (Å²) in [6, 6.07) is 5.66. The molecule has 0 spiro atoms. The van der Waals surface area contributed by atoms with E-state index in [0.717, 1.165) is 16.7 Å². The van der Waals surface area contributed by atoms with Crippen molar-refractivity contribution in [3.05, 3.63) is 41.9 Å². The zero-order valence-electron chi connectivity index (χ0n) is 15.1. The topological polar surface area (TPSA) is 102 Å². The molecular formula is C18H23N5O2. The van der Waals surface area contributed by atoms with Gasteiger partial charge in [-0.15, -0.1) is 0 Å². The van der Waals surface area contributed by atoms with E-state index in [1.807, 2.05) is 25.1 Å². The number of amides is 1. The molecule has 25 heavy (non-hydrogen) atoms. The first-order chi connectivity index (χ1) is 11.7. The monoisotopic (exact) mass is 341 g/mol. The first kappa shape index (κ1) is 18.4. The molecule has 2 heterocycles. The van der Waals surface area contributed by atoms with E-state index in [1.54, 1.807) is 40.2 Å². The highest BCUT2D eigenvalue weighted by Crippen LogP contribution is 2.19. The van der Waals surface area contributed by atoms with Crippen molar-refractivity contribution in [1.82, 2.24) is 15.3 Å². The Morgan fingerprint density at radius 3 is 2.68 bits per heavy atom. The summed E-state index contributed by atoms with van der Waals surface area (Å²) in [5, 5.41) is 2.90.